The molecule has 2 heterocycles. The molecule has 6 rings (SSSR count). The van der Waals surface area contributed by atoms with Crippen LogP contribution in [0.5, 0.6) is 0 Å². The highest BCUT2D eigenvalue weighted by Gasteiger charge is 2.37. The summed E-state index contributed by atoms with van der Waals surface area (Å²) in [5.74, 6) is 3.05. The molecule has 148 valence electrons. The van der Waals surface area contributed by atoms with Crippen LogP contribution in [0.25, 0.3) is 27.6 Å². The van der Waals surface area contributed by atoms with Crippen molar-refractivity contribution in [2.75, 3.05) is 0 Å². The molecule has 2 aliphatic carbocycles. The molecule has 2 aromatic carbocycles. The number of benzene rings is 2. The minimum atomic E-state index is -0.0636. The molecule has 3 nitrogen and oxygen atoms in total. The second kappa shape index (κ2) is 5.59. The van der Waals surface area contributed by atoms with Gasteiger partial charge in [0.05, 0.1) is 16.6 Å². The summed E-state index contributed by atoms with van der Waals surface area (Å²) in [6, 6.07) is 11.4. The third-order valence-electron chi connectivity index (χ3n) is 7.20. The summed E-state index contributed by atoms with van der Waals surface area (Å²) in [5.41, 5.74) is 8.93. The summed E-state index contributed by atoms with van der Waals surface area (Å²) in [7, 11) is 0. The first-order valence-corrected chi connectivity index (χ1v) is 11.1. The number of hydrogen-bond donors (Lipinski definition) is 0. The molecule has 2 bridgehead atoms. The first kappa shape index (κ1) is 17.4. The van der Waals surface area contributed by atoms with E-state index in [0.29, 0.717) is 5.92 Å². The van der Waals surface area contributed by atoms with Crippen LogP contribution in [0.3, 0.4) is 0 Å². The average Bonchev–Trinajstić information content (AvgIpc) is 3.37. The fraction of sp³-hybridized carbons (Fsp3) is 0.462. The Bertz CT molecular complexity index is 1300. The van der Waals surface area contributed by atoms with Crippen LogP contribution in [-0.4, -0.2) is 14.4 Å². The van der Waals surface area contributed by atoms with Gasteiger partial charge in [-0.15, -0.1) is 0 Å². The molecule has 2 aromatic heterocycles. The highest BCUT2D eigenvalue weighted by molar-refractivity contribution is 5.99. The molecule has 0 radical (unpaired) electrons. The normalized spacial score (nSPS) is 21.2. The highest BCUT2D eigenvalue weighted by Crippen LogP contribution is 2.54. The smallest absolute Gasteiger partial charge is 0.149 e. The SMILES string of the molecule is CC(C)c1cccc2nc(C(C)(C)C)n3c4cc5c(cc4nc3c12)C1CCC5C1. The van der Waals surface area contributed by atoms with Gasteiger partial charge < -0.3 is 0 Å². The van der Waals surface area contributed by atoms with Crippen molar-refractivity contribution in [2.24, 2.45) is 0 Å². The molecule has 0 spiro atoms. The number of aromatic nitrogens is 3. The molecular formula is C26H29N3. The molecule has 0 N–H and O–H groups in total. The lowest BCUT2D eigenvalue weighted by atomic mass is 9.91. The number of rotatable bonds is 1. The van der Waals surface area contributed by atoms with E-state index in [1.807, 2.05) is 0 Å². The zero-order valence-corrected chi connectivity index (χ0v) is 18.1. The first-order chi connectivity index (χ1) is 13.8. The van der Waals surface area contributed by atoms with Gasteiger partial charge >= 0.3 is 0 Å². The van der Waals surface area contributed by atoms with Gasteiger partial charge in [-0.3, -0.25) is 4.40 Å². The van der Waals surface area contributed by atoms with Crippen LogP contribution < -0.4 is 0 Å². The van der Waals surface area contributed by atoms with Crippen LogP contribution in [0, 0.1) is 0 Å². The van der Waals surface area contributed by atoms with Crippen LogP contribution in [-0.2, 0) is 5.41 Å². The van der Waals surface area contributed by atoms with Crippen molar-refractivity contribution >= 4 is 27.6 Å². The van der Waals surface area contributed by atoms with Gasteiger partial charge in [0.1, 0.15) is 11.5 Å². The van der Waals surface area contributed by atoms with E-state index in [2.05, 4.69) is 69.4 Å². The Kier molecular flexibility index (Phi) is 3.36. The Hall–Kier alpha value is -2.42. The van der Waals surface area contributed by atoms with Crippen molar-refractivity contribution in [2.45, 2.75) is 77.0 Å². The molecule has 4 aromatic rings. The van der Waals surface area contributed by atoms with Crippen molar-refractivity contribution in [3.05, 3.63) is 52.8 Å². The lowest BCUT2D eigenvalue weighted by Crippen LogP contribution is -2.19. The summed E-state index contributed by atoms with van der Waals surface area (Å²) < 4.78 is 2.37. The molecule has 0 amide bonds. The zero-order valence-electron chi connectivity index (χ0n) is 18.1. The van der Waals surface area contributed by atoms with E-state index >= 15 is 0 Å². The minimum Gasteiger partial charge on any atom is -0.279 e. The standard InChI is InChI=1S/C26H29N3/c1-14(2)17-7-6-8-20-23(17)24-27-21-12-18-15-9-10-16(11-15)19(18)13-22(21)29(24)25(28-20)26(3,4)5/h6-8,12-16H,9-11H2,1-5H3. The maximum Gasteiger partial charge on any atom is 0.149 e. The summed E-state index contributed by atoms with van der Waals surface area (Å²) in [5, 5.41) is 1.22. The van der Waals surface area contributed by atoms with Gasteiger partial charge in [-0.1, -0.05) is 46.8 Å². The van der Waals surface area contributed by atoms with E-state index < -0.39 is 0 Å². The third kappa shape index (κ3) is 2.30. The van der Waals surface area contributed by atoms with Crippen molar-refractivity contribution in [3.8, 4) is 0 Å². The molecule has 1 saturated carbocycles. The largest absolute Gasteiger partial charge is 0.279 e. The van der Waals surface area contributed by atoms with Crippen LogP contribution in [0.4, 0.5) is 0 Å². The van der Waals surface area contributed by atoms with Crippen LogP contribution in [0.1, 0.15) is 94.1 Å². The summed E-state index contributed by atoms with van der Waals surface area (Å²) in [4.78, 5) is 10.4. The molecule has 2 aliphatic rings. The van der Waals surface area contributed by atoms with Crippen LogP contribution in [0.15, 0.2) is 30.3 Å². The predicted molar refractivity (Wildman–Crippen MR) is 120 cm³/mol. The van der Waals surface area contributed by atoms with Gasteiger partial charge in [0.15, 0.2) is 0 Å². The van der Waals surface area contributed by atoms with Crippen molar-refractivity contribution in [3.63, 3.8) is 0 Å². The number of fused-ring (bicyclic) bond motifs is 10. The average molecular weight is 384 g/mol. The van der Waals surface area contributed by atoms with E-state index in [-0.39, 0.29) is 5.41 Å². The minimum absolute atomic E-state index is 0.0636. The fourth-order valence-corrected chi connectivity index (χ4v) is 5.83. The second-order valence-corrected chi connectivity index (χ2v) is 10.5. The third-order valence-corrected chi connectivity index (χ3v) is 7.20. The Morgan fingerprint density at radius 3 is 2.38 bits per heavy atom. The Balaban J connectivity index is 1.81. The number of nitrogens with zero attached hydrogens (tertiary/aromatic N) is 3. The van der Waals surface area contributed by atoms with Crippen LogP contribution >= 0.6 is 0 Å². The van der Waals surface area contributed by atoms with Crippen molar-refractivity contribution < 1.29 is 0 Å². The highest BCUT2D eigenvalue weighted by atomic mass is 15.1. The summed E-state index contributed by atoms with van der Waals surface area (Å²) in [6.45, 7) is 11.3. The number of imidazole rings is 1. The molecule has 1 fully saturated rings. The lowest BCUT2D eigenvalue weighted by Gasteiger charge is -2.22. The molecule has 0 aliphatic heterocycles. The molecule has 0 saturated heterocycles. The quantitative estimate of drug-likeness (QED) is 0.361. The zero-order chi connectivity index (χ0) is 20.1. The molecule has 3 heteroatoms. The maximum atomic E-state index is 5.24. The van der Waals surface area contributed by atoms with Gasteiger partial charge in [-0.2, -0.15) is 0 Å². The topological polar surface area (TPSA) is 30.2 Å². The van der Waals surface area contributed by atoms with E-state index in [1.165, 1.54) is 35.7 Å². The van der Waals surface area contributed by atoms with Crippen LogP contribution in [0.2, 0.25) is 0 Å². The lowest BCUT2D eigenvalue weighted by molar-refractivity contribution is 0.542. The van der Waals surface area contributed by atoms with Gasteiger partial charge in [-0.05, 0) is 71.9 Å². The summed E-state index contributed by atoms with van der Waals surface area (Å²) >= 11 is 0. The van der Waals surface area contributed by atoms with E-state index in [4.69, 9.17) is 9.97 Å². The van der Waals surface area contributed by atoms with Gasteiger partial charge in [0.25, 0.3) is 0 Å². The van der Waals surface area contributed by atoms with Gasteiger partial charge in [0.2, 0.25) is 0 Å². The molecule has 2 atom stereocenters. The second-order valence-electron chi connectivity index (χ2n) is 10.5. The predicted octanol–water partition coefficient (Wildman–Crippen LogP) is 6.82. The molecule has 2 unspecified atom stereocenters. The van der Waals surface area contributed by atoms with Gasteiger partial charge in [-0.25, -0.2) is 9.97 Å². The Labute approximate surface area is 172 Å². The molecular weight excluding hydrogens is 354 g/mol. The maximum absolute atomic E-state index is 5.24. The monoisotopic (exact) mass is 383 g/mol. The first-order valence-electron chi connectivity index (χ1n) is 11.1. The summed E-state index contributed by atoms with van der Waals surface area (Å²) in [6.07, 6.45) is 4.05. The van der Waals surface area contributed by atoms with Gasteiger partial charge in [0, 0.05) is 10.8 Å². The van der Waals surface area contributed by atoms with E-state index in [1.54, 1.807) is 11.1 Å². The molecule has 29 heavy (non-hydrogen) atoms. The Morgan fingerprint density at radius 2 is 1.69 bits per heavy atom. The van der Waals surface area contributed by atoms with E-state index in [0.717, 1.165) is 34.3 Å². The fourth-order valence-electron chi connectivity index (χ4n) is 5.83. The van der Waals surface area contributed by atoms with Crippen molar-refractivity contribution in [1.82, 2.24) is 14.4 Å². The van der Waals surface area contributed by atoms with E-state index in [9.17, 15) is 0 Å². The van der Waals surface area contributed by atoms with Crippen molar-refractivity contribution in [1.29, 1.82) is 0 Å². The Morgan fingerprint density at radius 1 is 0.966 bits per heavy atom. The number of hydrogen-bond acceptors (Lipinski definition) is 2.